The van der Waals surface area contributed by atoms with Gasteiger partial charge >= 0.3 is 11.9 Å². The predicted octanol–water partition coefficient (Wildman–Crippen LogP) is -0.440. The number of carbonyl (C=O) groups is 6. The molecule has 4 unspecified atom stereocenters. The summed E-state index contributed by atoms with van der Waals surface area (Å²) in [6.45, 7) is 0. The first-order valence-electron chi connectivity index (χ1n) is 13.4. The summed E-state index contributed by atoms with van der Waals surface area (Å²) in [5.74, 6) is -6.30. The Morgan fingerprint density at radius 3 is 2.02 bits per heavy atom. The van der Waals surface area contributed by atoms with Crippen LogP contribution in [0.4, 0.5) is 0 Å². The zero-order valence-corrected chi connectivity index (χ0v) is 23.1. The molecule has 4 amide bonds. The van der Waals surface area contributed by atoms with Gasteiger partial charge in [-0.15, -0.1) is 0 Å². The van der Waals surface area contributed by atoms with Gasteiger partial charge in [0.15, 0.2) is 0 Å². The minimum absolute atomic E-state index is 0.0786. The first-order chi connectivity index (χ1) is 20.4. The molecule has 4 atom stereocenters. The zero-order valence-electron chi connectivity index (χ0n) is 23.1. The van der Waals surface area contributed by atoms with Crippen LogP contribution in [-0.4, -0.2) is 74.9 Å². The van der Waals surface area contributed by atoms with E-state index in [1.807, 2.05) is 24.3 Å². The molecule has 0 saturated carbocycles. The van der Waals surface area contributed by atoms with Crippen LogP contribution in [0.1, 0.15) is 30.4 Å². The molecule has 2 aromatic carbocycles. The van der Waals surface area contributed by atoms with Crippen LogP contribution in [0.5, 0.6) is 0 Å². The summed E-state index contributed by atoms with van der Waals surface area (Å²) in [6.07, 6.45) is 0.180. The number of carboxylic acids is 2. The maximum atomic E-state index is 13.2. The molecule has 43 heavy (non-hydrogen) atoms. The molecule has 10 N–H and O–H groups in total. The third-order valence-electron chi connectivity index (χ3n) is 6.67. The molecule has 1 aromatic heterocycles. The van der Waals surface area contributed by atoms with Gasteiger partial charge in [-0.05, 0) is 30.0 Å². The Morgan fingerprint density at radius 2 is 1.37 bits per heavy atom. The number of H-pyrrole nitrogens is 1. The fraction of sp³-hybridized carbons (Fsp3) is 0.310. The van der Waals surface area contributed by atoms with Gasteiger partial charge in [0.05, 0.1) is 12.5 Å². The number of nitrogens with one attached hydrogen (secondary N) is 4. The number of fused-ring (bicyclic) bond motifs is 1. The second kappa shape index (κ2) is 15.1. The van der Waals surface area contributed by atoms with Crippen molar-refractivity contribution in [1.29, 1.82) is 0 Å². The molecule has 0 fully saturated rings. The number of para-hydroxylation sites is 1. The third kappa shape index (κ3) is 9.67. The summed E-state index contributed by atoms with van der Waals surface area (Å²) in [5, 5.41) is 26.7. The molecule has 228 valence electrons. The molecule has 0 aliphatic carbocycles. The lowest BCUT2D eigenvalue weighted by Crippen LogP contribution is -2.58. The lowest BCUT2D eigenvalue weighted by atomic mass is 10.0. The van der Waals surface area contributed by atoms with Crippen molar-refractivity contribution in [3.05, 3.63) is 71.9 Å². The molecular weight excluding hydrogens is 560 g/mol. The van der Waals surface area contributed by atoms with Crippen LogP contribution in [-0.2, 0) is 41.6 Å². The average molecular weight is 595 g/mol. The molecule has 14 nitrogen and oxygen atoms in total. The van der Waals surface area contributed by atoms with Crippen molar-refractivity contribution in [1.82, 2.24) is 20.9 Å². The van der Waals surface area contributed by atoms with Crippen LogP contribution in [0.3, 0.4) is 0 Å². The Kier molecular flexibility index (Phi) is 11.3. The third-order valence-corrected chi connectivity index (χ3v) is 6.67. The largest absolute Gasteiger partial charge is 0.481 e. The van der Waals surface area contributed by atoms with Crippen LogP contribution < -0.4 is 27.4 Å². The van der Waals surface area contributed by atoms with Crippen molar-refractivity contribution >= 4 is 46.5 Å². The molecule has 0 saturated heterocycles. The van der Waals surface area contributed by atoms with Crippen molar-refractivity contribution in [2.45, 2.75) is 56.3 Å². The molecule has 0 bridgehead atoms. The van der Waals surface area contributed by atoms with Crippen LogP contribution in [0.15, 0.2) is 60.8 Å². The van der Waals surface area contributed by atoms with Gasteiger partial charge in [0.1, 0.15) is 18.1 Å². The van der Waals surface area contributed by atoms with Crippen LogP contribution >= 0.6 is 0 Å². The number of aromatic nitrogens is 1. The summed E-state index contributed by atoms with van der Waals surface area (Å²) in [6, 6.07) is 10.3. The standard InChI is InChI=1S/C29H34N6O8/c30-19(13-17-15-32-20-9-5-4-8-18(17)20)26(39)33-21(10-11-25(37)38)27(40)34-22(14-24(31)36)28(41)35-23(29(42)43)12-16-6-2-1-3-7-16/h1-9,15,19,21-23,32H,10-14,30H2,(H2,31,36)(H,33,39)(H,34,40)(H,35,41)(H,37,38)(H,42,43). The molecule has 14 heteroatoms. The van der Waals surface area contributed by atoms with Gasteiger partial charge in [-0.1, -0.05) is 48.5 Å². The minimum atomic E-state index is -1.60. The zero-order chi connectivity index (χ0) is 31.5. The van der Waals surface area contributed by atoms with Crippen molar-refractivity contribution in [3.8, 4) is 0 Å². The van der Waals surface area contributed by atoms with Crippen LogP contribution in [0, 0.1) is 0 Å². The van der Waals surface area contributed by atoms with E-state index < -0.39 is 72.6 Å². The number of aromatic amines is 1. The fourth-order valence-electron chi connectivity index (χ4n) is 4.45. The molecule has 3 aromatic rings. The lowest BCUT2D eigenvalue weighted by molar-refractivity contribution is -0.142. The van der Waals surface area contributed by atoms with Crippen LogP contribution in [0.25, 0.3) is 10.9 Å². The number of rotatable bonds is 16. The highest BCUT2D eigenvalue weighted by molar-refractivity contribution is 5.96. The maximum absolute atomic E-state index is 13.2. The molecule has 0 spiro atoms. The summed E-state index contributed by atoms with van der Waals surface area (Å²) < 4.78 is 0. The van der Waals surface area contributed by atoms with Gasteiger partial charge in [-0.3, -0.25) is 24.0 Å². The van der Waals surface area contributed by atoms with E-state index in [4.69, 9.17) is 16.6 Å². The maximum Gasteiger partial charge on any atom is 0.326 e. The van der Waals surface area contributed by atoms with Crippen molar-refractivity contribution in [2.75, 3.05) is 0 Å². The Labute approximate surface area is 246 Å². The molecule has 0 aliphatic heterocycles. The Bertz CT molecular complexity index is 1470. The lowest BCUT2D eigenvalue weighted by Gasteiger charge is -2.24. The topological polar surface area (TPSA) is 247 Å². The first-order valence-corrected chi connectivity index (χ1v) is 13.4. The number of hydrogen-bond acceptors (Lipinski definition) is 7. The quantitative estimate of drug-likeness (QED) is 0.107. The monoisotopic (exact) mass is 594 g/mol. The molecule has 0 aliphatic rings. The van der Waals surface area contributed by atoms with E-state index in [1.165, 1.54) is 0 Å². The van der Waals surface area contributed by atoms with E-state index in [2.05, 4.69) is 20.9 Å². The second-order valence-corrected chi connectivity index (χ2v) is 9.98. The van der Waals surface area contributed by atoms with Crippen molar-refractivity contribution in [2.24, 2.45) is 11.5 Å². The normalized spacial score (nSPS) is 13.7. The number of amides is 4. The van der Waals surface area contributed by atoms with E-state index in [1.54, 1.807) is 36.5 Å². The predicted molar refractivity (Wildman–Crippen MR) is 154 cm³/mol. The van der Waals surface area contributed by atoms with Gasteiger partial charge in [0.2, 0.25) is 23.6 Å². The first kappa shape index (κ1) is 32.3. The Hall–Kier alpha value is -5.24. The van der Waals surface area contributed by atoms with E-state index in [-0.39, 0.29) is 19.3 Å². The van der Waals surface area contributed by atoms with E-state index in [0.29, 0.717) is 5.56 Å². The van der Waals surface area contributed by atoms with Gasteiger partial charge < -0.3 is 42.6 Å². The summed E-state index contributed by atoms with van der Waals surface area (Å²) >= 11 is 0. The van der Waals surface area contributed by atoms with Crippen LogP contribution in [0.2, 0.25) is 0 Å². The number of benzene rings is 2. The Balaban J connectivity index is 1.71. The highest BCUT2D eigenvalue weighted by Crippen LogP contribution is 2.19. The smallest absolute Gasteiger partial charge is 0.326 e. The van der Waals surface area contributed by atoms with Crippen molar-refractivity contribution < 1.29 is 39.0 Å². The number of carboxylic acid groups (broad SMARTS) is 2. The molecule has 1 heterocycles. The summed E-state index contributed by atoms with van der Waals surface area (Å²) in [4.78, 5) is 77.0. The average Bonchev–Trinajstić information content (AvgIpc) is 3.37. The molecule has 3 rings (SSSR count). The van der Waals surface area contributed by atoms with Gasteiger partial charge in [-0.2, -0.15) is 0 Å². The minimum Gasteiger partial charge on any atom is -0.481 e. The number of carbonyl (C=O) groups excluding carboxylic acids is 4. The molecular formula is C29H34N6O8. The van der Waals surface area contributed by atoms with Gasteiger partial charge in [0, 0.05) is 29.9 Å². The molecule has 0 radical (unpaired) electrons. The summed E-state index contributed by atoms with van der Waals surface area (Å²) in [7, 11) is 0. The number of aliphatic carboxylic acids is 2. The number of hydrogen-bond donors (Lipinski definition) is 8. The van der Waals surface area contributed by atoms with Gasteiger partial charge in [-0.25, -0.2) is 4.79 Å². The highest BCUT2D eigenvalue weighted by Gasteiger charge is 2.31. The Morgan fingerprint density at radius 1 is 0.767 bits per heavy atom. The number of primary amides is 1. The van der Waals surface area contributed by atoms with Gasteiger partial charge in [0.25, 0.3) is 0 Å². The summed E-state index contributed by atoms with van der Waals surface area (Å²) in [5.41, 5.74) is 13.6. The van der Waals surface area contributed by atoms with Crippen molar-refractivity contribution in [3.63, 3.8) is 0 Å². The van der Waals surface area contributed by atoms with E-state index >= 15 is 0 Å². The SMILES string of the molecule is NC(=O)CC(NC(=O)C(CCC(=O)O)NC(=O)C(N)Cc1c[nH]c2ccccc12)C(=O)NC(Cc1ccccc1)C(=O)O. The highest BCUT2D eigenvalue weighted by atomic mass is 16.4. The van der Waals surface area contributed by atoms with E-state index in [0.717, 1.165) is 16.5 Å². The fourth-order valence-corrected chi connectivity index (χ4v) is 4.45. The second-order valence-electron chi connectivity index (χ2n) is 9.98. The van der Waals surface area contributed by atoms with E-state index in [9.17, 15) is 33.9 Å². The number of nitrogens with two attached hydrogens (primary N) is 2.